The zero-order chi connectivity index (χ0) is 17.6. The Morgan fingerprint density at radius 2 is 2.04 bits per heavy atom. The predicted octanol–water partition coefficient (Wildman–Crippen LogP) is 1.57. The van der Waals surface area contributed by atoms with Crippen LogP contribution in [0.5, 0.6) is 0 Å². The van der Waals surface area contributed by atoms with E-state index >= 15 is 0 Å². The number of aromatic nitrogens is 1. The van der Waals surface area contributed by atoms with Gasteiger partial charge in [0.1, 0.15) is 5.01 Å². The van der Waals surface area contributed by atoms with Crippen molar-refractivity contribution in [1.82, 2.24) is 15.0 Å². The molecule has 0 spiro atoms. The summed E-state index contributed by atoms with van der Waals surface area (Å²) >= 11 is 1.47. The molecule has 0 aliphatic heterocycles. The van der Waals surface area contributed by atoms with Crippen LogP contribution in [0.2, 0.25) is 0 Å². The number of rotatable bonds is 7. The van der Waals surface area contributed by atoms with E-state index in [4.69, 9.17) is 5.26 Å². The zero-order valence-corrected chi connectivity index (χ0v) is 14.6. The van der Waals surface area contributed by atoms with E-state index in [0.717, 1.165) is 10.7 Å². The number of nitrogens with zero attached hydrogens (tertiary/aromatic N) is 2. The number of benzene rings is 1. The summed E-state index contributed by atoms with van der Waals surface area (Å²) in [7, 11) is -3.67. The normalized spacial score (nSPS) is 11.0. The Labute approximate surface area is 144 Å². The van der Waals surface area contributed by atoms with Crippen molar-refractivity contribution in [2.45, 2.75) is 24.8 Å². The number of aryl methyl sites for hydroxylation is 1. The first-order valence-corrected chi connectivity index (χ1v) is 9.44. The molecule has 0 bridgehead atoms. The number of carbonyl (C=O) groups is 1. The van der Waals surface area contributed by atoms with E-state index in [-0.39, 0.29) is 23.8 Å². The number of sulfonamides is 1. The molecule has 0 atom stereocenters. The Kier molecular flexibility index (Phi) is 6.03. The van der Waals surface area contributed by atoms with Crippen molar-refractivity contribution in [3.63, 3.8) is 0 Å². The van der Waals surface area contributed by atoms with Crippen LogP contribution in [0.1, 0.15) is 27.5 Å². The maximum Gasteiger partial charge on any atom is 0.251 e. The highest BCUT2D eigenvalue weighted by Crippen LogP contribution is 2.12. The van der Waals surface area contributed by atoms with Crippen LogP contribution in [0.4, 0.5) is 0 Å². The molecule has 126 valence electrons. The lowest BCUT2D eigenvalue weighted by molar-refractivity contribution is 0.0950. The summed E-state index contributed by atoms with van der Waals surface area (Å²) in [4.78, 5) is 16.4. The summed E-state index contributed by atoms with van der Waals surface area (Å²) in [6.07, 6.45) is 0.0932. The highest BCUT2D eigenvalue weighted by Gasteiger charge is 2.14. The van der Waals surface area contributed by atoms with Crippen molar-refractivity contribution < 1.29 is 13.2 Å². The van der Waals surface area contributed by atoms with Crippen molar-refractivity contribution in [3.05, 3.63) is 45.9 Å². The molecule has 2 aromatic rings. The molecule has 1 aromatic heterocycles. The van der Waals surface area contributed by atoms with E-state index in [1.807, 2.05) is 18.4 Å². The lowest BCUT2D eigenvalue weighted by Crippen LogP contribution is -2.25. The molecular weight excluding hydrogens is 348 g/mol. The second-order valence-electron chi connectivity index (χ2n) is 4.90. The van der Waals surface area contributed by atoms with Crippen molar-refractivity contribution in [1.29, 1.82) is 5.26 Å². The van der Waals surface area contributed by atoms with Gasteiger partial charge in [-0.3, -0.25) is 4.79 Å². The molecule has 7 nitrogen and oxygen atoms in total. The number of amides is 1. The van der Waals surface area contributed by atoms with Crippen LogP contribution in [0.15, 0.2) is 34.5 Å². The zero-order valence-electron chi connectivity index (χ0n) is 12.9. The average Bonchev–Trinajstić information content (AvgIpc) is 2.98. The average molecular weight is 364 g/mol. The van der Waals surface area contributed by atoms with Crippen LogP contribution in [0, 0.1) is 18.3 Å². The number of carbonyl (C=O) groups excluding carboxylic acids is 1. The molecule has 9 heteroatoms. The lowest BCUT2D eigenvalue weighted by atomic mass is 10.2. The van der Waals surface area contributed by atoms with Crippen LogP contribution in [-0.4, -0.2) is 25.9 Å². The first-order chi connectivity index (χ1) is 11.4. The van der Waals surface area contributed by atoms with Crippen molar-refractivity contribution in [2.75, 3.05) is 6.54 Å². The molecule has 0 fully saturated rings. The quantitative estimate of drug-likeness (QED) is 0.724. The Morgan fingerprint density at radius 1 is 1.33 bits per heavy atom. The summed E-state index contributed by atoms with van der Waals surface area (Å²) in [5.41, 5.74) is 1.27. The van der Waals surface area contributed by atoms with E-state index in [0.29, 0.717) is 12.1 Å². The van der Waals surface area contributed by atoms with Gasteiger partial charge in [0.2, 0.25) is 10.0 Å². The van der Waals surface area contributed by atoms with E-state index < -0.39 is 10.0 Å². The largest absolute Gasteiger partial charge is 0.346 e. The van der Waals surface area contributed by atoms with Gasteiger partial charge < -0.3 is 5.32 Å². The fourth-order valence-electron chi connectivity index (χ4n) is 1.85. The number of thiazole rings is 1. The molecular formula is C15H16N4O3S2. The molecule has 2 N–H and O–H groups in total. The topological polar surface area (TPSA) is 112 Å². The van der Waals surface area contributed by atoms with Crippen LogP contribution in [0.3, 0.4) is 0 Å². The third-order valence-electron chi connectivity index (χ3n) is 3.02. The Morgan fingerprint density at radius 3 is 2.62 bits per heavy atom. The number of nitrogens with one attached hydrogen (secondary N) is 2. The molecule has 0 saturated carbocycles. The number of hydrogen-bond acceptors (Lipinski definition) is 6. The molecule has 1 amide bonds. The minimum absolute atomic E-state index is 0.0486. The van der Waals surface area contributed by atoms with Gasteiger partial charge in [-0.1, -0.05) is 0 Å². The fraction of sp³-hybridized carbons (Fsp3) is 0.267. The smallest absolute Gasteiger partial charge is 0.251 e. The van der Waals surface area contributed by atoms with Crippen LogP contribution >= 0.6 is 11.3 Å². The Hall–Kier alpha value is -2.28. The summed E-state index contributed by atoms with van der Waals surface area (Å²) in [5, 5.41) is 13.9. The van der Waals surface area contributed by atoms with Crippen LogP contribution in [-0.2, 0) is 16.6 Å². The molecule has 1 aromatic carbocycles. The second-order valence-corrected chi connectivity index (χ2v) is 7.61. The Bertz CT molecular complexity index is 852. The van der Waals surface area contributed by atoms with Crippen molar-refractivity contribution in [3.8, 4) is 6.07 Å². The molecule has 0 unspecified atom stereocenters. The first-order valence-electron chi connectivity index (χ1n) is 7.08. The lowest BCUT2D eigenvalue weighted by Gasteiger charge is -2.07. The van der Waals surface area contributed by atoms with E-state index in [1.165, 1.54) is 35.6 Å². The Balaban J connectivity index is 1.98. The number of hydrogen-bond donors (Lipinski definition) is 2. The van der Waals surface area contributed by atoms with Gasteiger partial charge in [0.15, 0.2) is 0 Å². The van der Waals surface area contributed by atoms with Crippen LogP contribution in [0.25, 0.3) is 0 Å². The predicted molar refractivity (Wildman–Crippen MR) is 89.9 cm³/mol. The van der Waals surface area contributed by atoms with E-state index in [9.17, 15) is 13.2 Å². The summed E-state index contributed by atoms with van der Waals surface area (Å²) < 4.78 is 26.3. The monoisotopic (exact) mass is 364 g/mol. The summed E-state index contributed by atoms with van der Waals surface area (Å²) in [5.74, 6) is -0.302. The third kappa shape index (κ3) is 4.86. The van der Waals surface area contributed by atoms with Crippen molar-refractivity contribution >= 4 is 27.3 Å². The minimum Gasteiger partial charge on any atom is -0.346 e. The second kappa shape index (κ2) is 8.01. The van der Waals surface area contributed by atoms with Gasteiger partial charge in [0.25, 0.3) is 5.91 Å². The highest BCUT2D eigenvalue weighted by atomic mass is 32.2. The highest BCUT2D eigenvalue weighted by molar-refractivity contribution is 7.89. The number of nitriles is 1. The minimum atomic E-state index is -3.67. The van der Waals surface area contributed by atoms with E-state index in [2.05, 4.69) is 15.0 Å². The van der Waals surface area contributed by atoms with E-state index in [1.54, 1.807) is 0 Å². The SMILES string of the molecule is Cc1csc(CNC(=O)c2ccc(S(=O)(=O)NCCC#N)cc2)n1. The molecule has 0 aliphatic carbocycles. The molecule has 0 saturated heterocycles. The summed E-state index contributed by atoms with van der Waals surface area (Å²) in [6.45, 7) is 2.26. The van der Waals surface area contributed by atoms with Gasteiger partial charge >= 0.3 is 0 Å². The molecule has 0 radical (unpaired) electrons. The van der Waals surface area contributed by atoms with Gasteiger partial charge in [-0.2, -0.15) is 5.26 Å². The van der Waals surface area contributed by atoms with Crippen LogP contribution < -0.4 is 10.0 Å². The van der Waals surface area contributed by atoms with Gasteiger partial charge in [0.05, 0.1) is 17.5 Å². The maximum atomic E-state index is 12.1. The van der Waals surface area contributed by atoms with Crippen molar-refractivity contribution in [2.24, 2.45) is 0 Å². The van der Waals surface area contributed by atoms with Gasteiger partial charge in [0, 0.05) is 29.6 Å². The maximum absolute atomic E-state index is 12.1. The molecule has 1 heterocycles. The first kappa shape index (κ1) is 18.1. The molecule has 0 aliphatic rings. The standard InChI is InChI=1S/C15H16N4O3S2/c1-11-10-23-14(19-11)9-17-15(20)12-3-5-13(6-4-12)24(21,22)18-8-2-7-16/h3-6,10,18H,2,8-9H2,1H3,(H,17,20). The third-order valence-corrected chi connectivity index (χ3v) is 5.47. The molecule has 2 rings (SSSR count). The molecule has 24 heavy (non-hydrogen) atoms. The van der Waals surface area contributed by atoms with Gasteiger partial charge in [-0.15, -0.1) is 11.3 Å². The van der Waals surface area contributed by atoms with Gasteiger partial charge in [-0.05, 0) is 31.2 Å². The summed E-state index contributed by atoms with van der Waals surface area (Å²) in [6, 6.07) is 7.47. The van der Waals surface area contributed by atoms with Gasteiger partial charge in [-0.25, -0.2) is 18.1 Å². The fourth-order valence-corrected chi connectivity index (χ4v) is 3.60.